The number of hydrogen-bond acceptors (Lipinski definition) is 3. The number of hydrogen-bond donors (Lipinski definition) is 2. The predicted octanol–water partition coefficient (Wildman–Crippen LogP) is 4.80. The van der Waals surface area contributed by atoms with Crippen molar-refractivity contribution in [1.29, 1.82) is 0 Å². The van der Waals surface area contributed by atoms with Crippen LogP contribution in [0.4, 0.5) is 0 Å². The summed E-state index contributed by atoms with van der Waals surface area (Å²) in [7, 11) is 0. The normalized spacial score (nSPS) is 11.2. The maximum Gasteiger partial charge on any atom is 0.189 e. The molecule has 0 radical (unpaired) electrons. The smallest absolute Gasteiger partial charge is 0.189 e. The lowest BCUT2D eigenvalue weighted by Crippen LogP contribution is -1.94. The van der Waals surface area contributed by atoms with Gasteiger partial charge >= 0.3 is 0 Å². The molecule has 114 valence electrons. The summed E-state index contributed by atoms with van der Waals surface area (Å²) in [4.78, 5) is 12.1. The second-order valence-electron chi connectivity index (χ2n) is 5.15. The molecule has 23 heavy (non-hydrogen) atoms. The molecule has 3 rings (SSSR count). The van der Waals surface area contributed by atoms with Gasteiger partial charge in [-0.1, -0.05) is 35.9 Å². The molecule has 0 aliphatic heterocycles. The van der Waals surface area contributed by atoms with Gasteiger partial charge in [0.25, 0.3) is 0 Å². The first kappa shape index (κ1) is 15.1. The van der Waals surface area contributed by atoms with E-state index < -0.39 is 0 Å². The molecule has 0 aliphatic rings. The van der Waals surface area contributed by atoms with Gasteiger partial charge in [0.2, 0.25) is 0 Å². The Kier molecular flexibility index (Phi) is 4.04. The predicted molar refractivity (Wildman–Crippen MR) is 92.1 cm³/mol. The van der Waals surface area contributed by atoms with Crippen molar-refractivity contribution in [2.24, 2.45) is 0 Å². The van der Waals surface area contributed by atoms with Gasteiger partial charge in [0.1, 0.15) is 11.5 Å². The summed E-state index contributed by atoms with van der Waals surface area (Å²) < 4.78 is 0. The highest BCUT2D eigenvalue weighted by molar-refractivity contribution is 6.31. The van der Waals surface area contributed by atoms with Crippen molar-refractivity contribution < 1.29 is 15.0 Å². The maximum atomic E-state index is 12.1. The van der Waals surface area contributed by atoms with Gasteiger partial charge in [-0.25, -0.2) is 0 Å². The van der Waals surface area contributed by atoms with Gasteiger partial charge in [-0.2, -0.15) is 0 Å². The topological polar surface area (TPSA) is 57.5 Å². The van der Waals surface area contributed by atoms with Gasteiger partial charge in [0.05, 0.1) is 5.56 Å². The number of ketones is 1. The maximum absolute atomic E-state index is 12.1. The quantitative estimate of drug-likeness (QED) is 0.537. The summed E-state index contributed by atoms with van der Waals surface area (Å²) in [5.41, 5.74) is 1.01. The minimum absolute atomic E-state index is 0.0868. The molecule has 0 saturated carbocycles. The molecule has 0 saturated heterocycles. The summed E-state index contributed by atoms with van der Waals surface area (Å²) >= 11 is 5.95. The molecule has 0 aromatic heterocycles. The first-order valence-corrected chi connectivity index (χ1v) is 7.34. The lowest BCUT2D eigenvalue weighted by Gasteiger charge is -2.02. The summed E-state index contributed by atoms with van der Waals surface area (Å²) in [6.07, 6.45) is 3.08. The number of carbonyl (C=O) groups excluding carboxylic acids is 1. The molecule has 4 heteroatoms. The van der Waals surface area contributed by atoms with E-state index >= 15 is 0 Å². The Morgan fingerprint density at radius 3 is 2.43 bits per heavy atom. The van der Waals surface area contributed by atoms with Crippen molar-refractivity contribution in [3.63, 3.8) is 0 Å². The summed E-state index contributed by atoms with van der Waals surface area (Å²) in [5.74, 6) is -0.664. The molecule has 2 N–H and O–H groups in total. The van der Waals surface area contributed by atoms with Crippen LogP contribution in [0, 0.1) is 0 Å². The lowest BCUT2D eigenvalue weighted by atomic mass is 10.0. The van der Waals surface area contributed by atoms with Gasteiger partial charge < -0.3 is 10.2 Å². The van der Waals surface area contributed by atoms with Gasteiger partial charge in [-0.3, -0.25) is 4.79 Å². The van der Waals surface area contributed by atoms with Crippen LogP contribution in [0.25, 0.3) is 16.8 Å². The molecule has 0 unspecified atom stereocenters. The molecule has 0 bridgehead atoms. The molecule has 0 aliphatic carbocycles. The van der Waals surface area contributed by atoms with Crippen molar-refractivity contribution >= 4 is 34.2 Å². The number of halogens is 1. The average Bonchev–Trinajstić information content (AvgIpc) is 2.52. The van der Waals surface area contributed by atoms with Crippen LogP contribution in [0.15, 0.2) is 60.7 Å². The third-order valence-electron chi connectivity index (χ3n) is 3.50. The Morgan fingerprint density at radius 2 is 1.65 bits per heavy atom. The third kappa shape index (κ3) is 3.35. The minimum atomic E-state index is -0.335. The molecule has 0 amide bonds. The van der Waals surface area contributed by atoms with E-state index in [0.29, 0.717) is 5.02 Å². The van der Waals surface area contributed by atoms with Crippen LogP contribution in [0.3, 0.4) is 0 Å². The molecule has 0 fully saturated rings. The first-order chi connectivity index (χ1) is 11.0. The van der Waals surface area contributed by atoms with Crippen LogP contribution in [-0.4, -0.2) is 16.0 Å². The molecule has 3 nitrogen and oxygen atoms in total. The Labute approximate surface area is 138 Å². The molecule has 3 aromatic carbocycles. The van der Waals surface area contributed by atoms with Crippen LogP contribution in [0.1, 0.15) is 15.9 Å². The first-order valence-electron chi connectivity index (χ1n) is 6.97. The molecule has 3 aromatic rings. The van der Waals surface area contributed by atoms with Crippen molar-refractivity contribution in [2.45, 2.75) is 0 Å². The van der Waals surface area contributed by atoms with E-state index in [9.17, 15) is 15.0 Å². The summed E-state index contributed by atoms with van der Waals surface area (Å²) in [6, 6.07) is 15.3. The molecule has 0 spiro atoms. The number of phenolic OH excluding ortho intramolecular Hbond substituents is 2. The average molecular weight is 325 g/mol. The monoisotopic (exact) mass is 324 g/mol. The van der Waals surface area contributed by atoms with E-state index in [-0.39, 0.29) is 22.8 Å². The largest absolute Gasteiger partial charge is 0.508 e. The van der Waals surface area contributed by atoms with E-state index in [1.165, 1.54) is 18.2 Å². The van der Waals surface area contributed by atoms with E-state index in [1.807, 2.05) is 36.4 Å². The van der Waals surface area contributed by atoms with Crippen molar-refractivity contribution in [3.05, 3.63) is 76.8 Å². The number of carbonyl (C=O) groups is 1. The fraction of sp³-hybridized carbons (Fsp3) is 0. The number of benzene rings is 3. The van der Waals surface area contributed by atoms with Crippen LogP contribution >= 0.6 is 11.6 Å². The minimum Gasteiger partial charge on any atom is -0.508 e. The number of rotatable bonds is 3. The molecule has 0 atom stereocenters. The Hall–Kier alpha value is -2.78. The molecular formula is C19H13ClO3. The zero-order valence-corrected chi connectivity index (χ0v) is 12.8. The van der Waals surface area contributed by atoms with Crippen LogP contribution in [-0.2, 0) is 0 Å². The SMILES string of the molecule is O=C(/C=C/c1ccc2cc(Cl)ccc2c1)c1ccc(O)cc1O. The van der Waals surface area contributed by atoms with E-state index in [2.05, 4.69) is 0 Å². The van der Waals surface area contributed by atoms with Crippen LogP contribution in [0.5, 0.6) is 11.5 Å². The van der Waals surface area contributed by atoms with Crippen molar-refractivity contribution in [3.8, 4) is 11.5 Å². The molecular weight excluding hydrogens is 312 g/mol. The zero-order valence-electron chi connectivity index (χ0n) is 12.0. The summed E-state index contributed by atoms with van der Waals surface area (Å²) in [5, 5.41) is 21.7. The van der Waals surface area contributed by atoms with Crippen molar-refractivity contribution in [2.75, 3.05) is 0 Å². The highest BCUT2D eigenvalue weighted by Crippen LogP contribution is 2.24. The van der Waals surface area contributed by atoms with E-state index in [4.69, 9.17) is 11.6 Å². The molecule has 0 heterocycles. The number of fused-ring (bicyclic) bond motifs is 1. The third-order valence-corrected chi connectivity index (χ3v) is 3.74. The van der Waals surface area contributed by atoms with E-state index in [1.54, 1.807) is 6.08 Å². The Balaban J connectivity index is 1.87. The number of allylic oxidation sites excluding steroid dienone is 1. The van der Waals surface area contributed by atoms with Gasteiger partial charge in [-0.15, -0.1) is 0 Å². The fourth-order valence-corrected chi connectivity index (χ4v) is 2.51. The fourth-order valence-electron chi connectivity index (χ4n) is 2.33. The van der Waals surface area contributed by atoms with Crippen LogP contribution in [0.2, 0.25) is 5.02 Å². The van der Waals surface area contributed by atoms with Gasteiger partial charge in [0.15, 0.2) is 5.78 Å². The highest BCUT2D eigenvalue weighted by Gasteiger charge is 2.08. The number of aromatic hydroxyl groups is 2. The Bertz CT molecular complexity index is 929. The zero-order chi connectivity index (χ0) is 16.4. The number of phenols is 2. The Morgan fingerprint density at radius 1 is 0.913 bits per heavy atom. The lowest BCUT2D eigenvalue weighted by molar-refractivity contribution is 0.104. The van der Waals surface area contributed by atoms with Crippen LogP contribution < -0.4 is 0 Å². The second kappa shape index (κ2) is 6.15. The van der Waals surface area contributed by atoms with Gasteiger partial charge in [0, 0.05) is 11.1 Å². The standard InChI is InChI=1S/C19H13ClO3/c20-15-5-4-13-9-12(1-3-14(13)10-15)2-8-18(22)17-7-6-16(21)11-19(17)23/h1-11,21,23H/b8-2+. The van der Waals surface area contributed by atoms with E-state index in [0.717, 1.165) is 22.4 Å². The highest BCUT2D eigenvalue weighted by atomic mass is 35.5. The van der Waals surface area contributed by atoms with Gasteiger partial charge in [-0.05, 0) is 52.7 Å². The summed E-state index contributed by atoms with van der Waals surface area (Å²) in [6.45, 7) is 0. The van der Waals surface area contributed by atoms with Crippen molar-refractivity contribution in [1.82, 2.24) is 0 Å². The second-order valence-corrected chi connectivity index (χ2v) is 5.59.